The van der Waals surface area contributed by atoms with Gasteiger partial charge in [-0.05, 0) is 44.1 Å². The quantitative estimate of drug-likeness (QED) is 0.783. The first-order valence-electron chi connectivity index (χ1n) is 8.38. The van der Waals surface area contributed by atoms with E-state index < -0.39 is 5.54 Å². The third kappa shape index (κ3) is 3.43. The first kappa shape index (κ1) is 15.3. The zero-order valence-corrected chi connectivity index (χ0v) is 13.3. The maximum atomic E-state index is 12.4. The molecular weight excluding hydrogens is 276 g/mol. The number of amides is 2. The molecule has 2 saturated carbocycles. The number of nitrogens with one attached hydrogen (secondary N) is 2. The molecule has 4 nitrogen and oxygen atoms in total. The van der Waals surface area contributed by atoms with Crippen LogP contribution < -0.4 is 10.6 Å². The smallest absolute Gasteiger partial charge is 0.315 e. The fourth-order valence-corrected chi connectivity index (χ4v) is 3.47. The summed E-state index contributed by atoms with van der Waals surface area (Å²) in [7, 11) is 0. The van der Waals surface area contributed by atoms with Gasteiger partial charge in [0.1, 0.15) is 0 Å². The van der Waals surface area contributed by atoms with Crippen molar-refractivity contribution >= 4 is 6.03 Å². The van der Waals surface area contributed by atoms with Crippen LogP contribution in [0.4, 0.5) is 4.79 Å². The molecule has 1 aromatic carbocycles. The second-order valence-corrected chi connectivity index (χ2v) is 6.97. The lowest BCUT2D eigenvalue weighted by molar-refractivity contribution is 0.161. The summed E-state index contributed by atoms with van der Waals surface area (Å²) in [6, 6.07) is 8.34. The SMILES string of the molecule is Cc1ccc(C(NC(=O)NC2(CO)CCCC2)C2CC2)cc1. The molecular formula is C18H26N2O2. The molecule has 3 N–H and O–H groups in total. The van der Waals surface area contributed by atoms with Crippen LogP contribution in [-0.4, -0.2) is 23.3 Å². The number of rotatable bonds is 5. The average molecular weight is 302 g/mol. The number of carbonyl (C=O) groups is 1. The largest absolute Gasteiger partial charge is 0.394 e. The molecule has 0 radical (unpaired) electrons. The number of benzene rings is 1. The van der Waals surface area contributed by atoms with Crippen LogP contribution in [0.15, 0.2) is 24.3 Å². The van der Waals surface area contributed by atoms with Gasteiger partial charge in [-0.3, -0.25) is 0 Å². The monoisotopic (exact) mass is 302 g/mol. The van der Waals surface area contributed by atoms with Gasteiger partial charge in [0.05, 0.1) is 18.2 Å². The molecule has 1 unspecified atom stereocenters. The normalized spacial score (nSPS) is 21.4. The first-order valence-corrected chi connectivity index (χ1v) is 8.38. The Bertz CT molecular complexity index is 516. The third-order valence-electron chi connectivity index (χ3n) is 5.06. The molecule has 2 aliphatic carbocycles. The van der Waals surface area contributed by atoms with Gasteiger partial charge in [-0.25, -0.2) is 4.79 Å². The molecule has 0 saturated heterocycles. The summed E-state index contributed by atoms with van der Waals surface area (Å²) in [5.74, 6) is 0.544. The van der Waals surface area contributed by atoms with E-state index in [1.165, 1.54) is 24.0 Å². The Kier molecular flexibility index (Phi) is 4.39. The number of hydrogen-bond donors (Lipinski definition) is 3. The van der Waals surface area contributed by atoms with Crippen LogP contribution in [0, 0.1) is 12.8 Å². The summed E-state index contributed by atoms with van der Waals surface area (Å²) in [5, 5.41) is 15.8. The number of aliphatic hydroxyl groups excluding tert-OH is 1. The Morgan fingerprint density at radius 1 is 1.27 bits per heavy atom. The van der Waals surface area contributed by atoms with E-state index in [0.717, 1.165) is 25.7 Å². The van der Waals surface area contributed by atoms with E-state index in [9.17, 15) is 9.90 Å². The highest BCUT2D eigenvalue weighted by Gasteiger charge is 2.37. The van der Waals surface area contributed by atoms with E-state index in [1.807, 2.05) is 0 Å². The lowest BCUT2D eigenvalue weighted by Crippen LogP contribution is -2.53. The van der Waals surface area contributed by atoms with Crippen molar-refractivity contribution in [1.29, 1.82) is 0 Å². The van der Waals surface area contributed by atoms with Crippen molar-refractivity contribution in [2.45, 2.75) is 57.0 Å². The van der Waals surface area contributed by atoms with Gasteiger partial charge >= 0.3 is 6.03 Å². The van der Waals surface area contributed by atoms with Crippen LogP contribution in [-0.2, 0) is 0 Å². The van der Waals surface area contributed by atoms with Gasteiger partial charge in [-0.15, -0.1) is 0 Å². The highest BCUT2D eigenvalue weighted by Crippen LogP contribution is 2.41. The Morgan fingerprint density at radius 3 is 2.45 bits per heavy atom. The van der Waals surface area contributed by atoms with Gasteiger partial charge in [-0.1, -0.05) is 42.7 Å². The second-order valence-electron chi connectivity index (χ2n) is 6.97. The van der Waals surface area contributed by atoms with E-state index >= 15 is 0 Å². The predicted octanol–water partition coefficient (Wildman–Crippen LogP) is 3.05. The summed E-state index contributed by atoms with van der Waals surface area (Å²) in [6.45, 7) is 2.10. The van der Waals surface area contributed by atoms with Crippen molar-refractivity contribution in [1.82, 2.24) is 10.6 Å². The van der Waals surface area contributed by atoms with Gasteiger partial charge in [-0.2, -0.15) is 0 Å². The van der Waals surface area contributed by atoms with Crippen LogP contribution in [0.2, 0.25) is 0 Å². The van der Waals surface area contributed by atoms with E-state index in [0.29, 0.717) is 5.92 Å². The predicted molar refractivity (Wildman–Crippen MR) is 86.6 cm³/mol. The Labute approximate surface area is 132 Å². The molecule has 0 heterocycles. The number of carbonyl (C=O) groups excluding carboxylic acids is 1. The number of urea groups is 1. The van der Waals surface area contributed by atoms with Gasteiger partial charge in [0.25, 0.3) is 0 Å². The summed E-state index contributed by atoms with van der Waals surface area (Å²) in [6.07, 6.45) is 6.23. The van der Waals surface area contributed by atoms with E-state index in [2.05, 4.69) is 41.8 Å². The average Bonchev–Trinajstić information content (AvgIpc) is 3.26. The van der Waals surface area contributed by atoms with Crippen molar-refractivity contribution in [3.05, 3.63) is 35.4 Å². The maximum absolute atomic E-state index is 12.4. The van der Waals surface area contributed by atoms with E-state index in [4.69, 9.17) is 0 Å². The molecule has 22 heavy (non-hydrogen) atoms. The topological polar surface area (TPSA) is 61.4 Å². The fourth-order valence-electron chi connectivity index (χ4n) is 3.47. The van der Waals surface area contributed by atoms with Crippen LogP contribution in [0.3, 0.4) is 0 Å². The highest BCUT2D eigenvalue weighted by atomic mass is 16.3. The molecule has 2 amide bonds. The molecule has 1 aromatic rings. The molecule has 120 valence electrons. The molecule has 1 atom stereocenters. The lowest BCUT2D eigenvalue weighted by Gasteiger charge is -2.29. The van der Waals surface area contributed by atoms with Gasteiger partial charge in [0.2, 0.25) is 0 Å². The minimum atomic E-state index is -0.411. The Morgan fingerprint density at radius 2 is 1.91 bits per heavy atom. The van der Waals surface area contributed by atoms with Gasteiger partial charge < -0.3 is 15.7 Å². The standard InChI is InChI=1S/C18H26N2O2/c1-13-4-6-14(7-5-13)16(15-8-9-15)19-17(22)20-18(12-21)10-2-3-11-18/h4-7,15-16,21H,2-3,8-12H2,1H3,(H2,19,20,22). The molecule has 0 spiro atoms. The summed E-state index contributed by atoms with van der Waals surface area (Å²) in [4.78, 5) is 12.4. The first-order chi connectivity index (χ1) is 10.6. The van der Waals surface area contributed by atoms with Crippen molar-refractivity contribution in [2.24, 2.45) is 5.92 Å². The molecule has 2 aliphatic rings. The molecule has 0 aromatic heterocycles. The number of aliphatic hydroxyl groups is 1. The van der Waals surface area contributed by atoms with Crippen LogP contribution in [0.25, 0.3) is 0 Å². The molecule has 3 rings (SSSR count). The molecule has 2 fully saturated rings. The van der Waals surface area contributed by atoms with Crippen LogP contribution in [0.5, 0.6) is 0 Å². The molecule has 0 aliphatic heterocycles. The summed E-state index contributed by atoms with van der Waals surface area (Å²) < 4.78 is 0. The summed E-state index contributed by atoms with van der Waals surface area (Å²) in [5.41, 5.74) is 1.99. The minimum Gasteiger partial charge on any atom is -0.394 e. The maximum Gasteiger partial charge on any atom is 0.315 e. The van der Waals surface area contributed by atoms with Crippen molar-refractivity contribution < 1.29 is 9.90 Å². The van der Waals surface area contributed by atoms with Crippen molar-refractivity contribution in [3.63, 3.8) is 0 Å². The summed E-state index contributed by atoms with van der Waals surface area (Å²) >= 11 is 0. The molecule has 4 heteroatoms. The van der Waals surface area contributed by atoms with Gasteiger partial charge in [0.15, 0.2) is 0 Å². The second kappa shape index (κ2) is 6.29. The lowest BCUT2D eigenvalue weighted by atomic mass is 9.99. The fraction of sp³-hybridized carbons (Fsp3) is 0.611. The zero-order valence-electron chi connectivity index (χ0n) is 13.3. The van der Waals surface area contributed by atoms with Crippen LogP contribution in [0.1, 0.15) is 55.7 Å². The minimum absolute atomic E-state index is 0.0268. The molecule has 0 bridgehead atoms. The van der Waals surface area contributed by atoms with E-state index in [1.54, 1.807) is 0 Å². The Balaban J connectivity index is 1.66. The zero-order chi connectivity index (χ0) is 15.6. The van der Waals surface area contributed by atoms with Crippen molar-refractivity contribution in [3.8, 4) is 0 Å². The van der Waals surface area contributed by atoms with Gasteiger partial charge in [0, 0.05) is 0 Å². The third-order valence-corrected chi connectivity index (χ3v) is 5.06. The Hall–Kier alpha value is -1.55. The van der Waals surface area contributed by atoms with E-state index in [-0.39, 0.29) is 18.7 Å². The van der Waals surface area contributed by atoms with Crippen LogP contribution >= 0.6 is 0 Å². The number of aryl methyl sites for hydroxylation is 1. The van der Waals surface area contributed by atoms with Crippen molar-refractivity contribution in [2.75, 3.05) is 6.61 Å². The highest BCUT2D eigenvalue weighted by molar-refractivity contribution is 5.75. The number of hydrogen-bond acceptors (Lipinski definition) is 2.